The van der Waals surface area contributed by atoms with Crippen molar-refractivity contribution in [1.29, 1.82) is 0 Å². The highest BCUT2D eigenvalue weighted by atomic mass is 16.5. The van der Waals surface area contributed by atoms with Gasteiger partial charge in [-0.1, -0.05) is 228 Å². The number of rotatable bonds is 10. The van der Waals surface area contributed by atoms with Crippen molar-refractivity contribution >= 4 is 80.7 Å². The van der Waals surface area contributed by atoms with Crippen LogP contribution in [0.2, 0.25) is 0 Å². The summed E-state index contributed by atoms with van der Waals surface area (Å²) < 4.78 is 26.4. The first kappa shape index (κ1) is 65.4. The Morgan fingerprint density at radius 1 is 0.207 bits per heavy atom. The Kier molecular flexibility index (Phi) is 15.1. The highest BCUT2D eigenvalue weighted by molar-refractivity contribution is 6.02. The van der Waals surface area contributed by atoms with Gasteiger partial charge in [0.2, 0.25) is 0 Å². The maximum Gasteiger partial charge on any atom is 0.135 e. The monoisotopic (exact) mass is 1430 g/mol. The van der Waals surface area contributed by atoms with Crippen LogP contribution in [0.1, 0.15) is 122 Å². The molecule has 0 amide bonds. The second-order valence-electron chi connectivity index (χ2n) is 30.7. The van der Waals surface area contributed by atoms with E-state index in [0.29, 0.717) is 0 Å². The number of para-hydroxylation sites is 8. The first-order chi connectivity index (χ1) is 54.4. The van der Waals surface area contributed by atoms with E-state index in [1.165, 1.54) is 44.5 Å². The Balaban J connectivity index is 0.657. The Morgan fingerprint density at radius 2 is 0.459 bits per heavy atom. The van der Waals surface area contributed by atoms with Gasteiger partial charge in [-0.15, -0.1) is 0 Å². The van der Waals surface area contributed by atoms with Crippen LogP contribution < -0.4 is 28.7 Å². The van der Waals surface area contributed by atoms with Crippen molar-refractivity contribution in [2.75, 3.05) is 9.80 Å². The average Bonchev–Trinajstić information content (AvgIpc) is 1.54. The Labute approximate surface area is 647 Å². The molecule has 6 aliphatic rings. The van der Waals surface area contributed by atoms with Crippen molar-refractivity contribution in [3.63, 3.8) is 0 Å². The minimum atomic E-state index is -0.362. The number of aryl methyl sites for hydroxylation is 1. The van der Waals surface area contributed by atoms with Crippen molar-refractivity contribution in [3.8, 4) is 68.2 Å². The van der Waals surface area contributed by atoms with Gasteiger partial charge in [0, 0.05) is 89.5 Å². The molecule has 0 N–H and O–H groups in total. The summed E-state index contributed by atoms with van der Waals surface area (Å²) in [6.07, 6.45) is 9.07. The van der Waals surface area contributed by atoms with Gasteiger partial charge in [-0.05, 0) is 259 Å². The van der Waals surface area contributed by atoms with E-state index in [1.54, 1.807) is 0 Å². The molecule has 0 atom stereocenters. The van der Waals surface area contributed by atoms with E-state index >= 15 is 0 Å². The first-order valence-electron chi connectivity index (χ1n) is 38.2. The molecule has 4 aliphatic heterocycles. The predicted octanol–water partition coefficient (Wildman–Crippen LogP) is 28.3. The standard InChI is InChI=1S/C105H74N2O4/c1-65-56-76(50-53-79(65)89-60-72-25-9-17-33-99(72)111-103-37-21-13-29-85(89)103)107(75-48-42-68(43-49-75)88-59-71-24-8-16-32-98(71)110-102-36-20-12-28-84(88)102)78-52-55-81-91-64-94-90(63-95(91)105(4,5)93(81)62-78)80-54-51-77(61-92(80)104(94,2)3)106(73-44-38-66(39-45-73)86-57-69-22-6-14-30-96(69)108-100-34-18-10-26-82(86)100)74-46-40-67(41-47-74)87-58-70-23-7-15-31-97(70)109-101-35-19-11-27-83(87)101/h6-64H,1-5H3. The lowest BCUT2D eigenvalue weighted by Crippen LogP contribution is -2.18. The quantitative estimate of drug-likeness (QED) is 0.136. The number of ether oxygens (including phenoxy) is 4. The van der Waals surface area contributed by atoms with Crippen molar-refractivity contribution in [3.05, 3.63) is 428 Å². The normalized spacial score (nSPS) is 14.3. The lowest BCUT2D eigenvalue weighted by atomic mass is 9.79. The molecule has 21 rings (SSSR count). The molecule has 2 aliphatic carbocycles. The Bertz CT molecular complexity index is 6370. The van der Waals surface area contributed by atoms with Gasteiger partial charge in [-0.2, -0.15) is 0 Å². The summed E-state index contributed by atoms with van der Waals surface area (Å²) in [6.45, 7) is 11.9. The van der Waals surface area contributed by atoms with E-state index in [4.69, 9.17) is 18.9 Å². The second kappa shape index (κ2) is 25.6. The molecule has 6 nitrogen and oxygen atoms in total. The molecule has 0 spiro atoms. The number of fused-ring (bicyclic) bond motifs is 14. The number of hydrogen-bond donors (Lipinski definition) is 0. The molecule has 0 fully saturated rings. The van der Waals surface area contributed by atoms with E-state index in [-0.39, 0.29) is 10.8 Å². The van der Waals surface area contributed by atoms with Gasteiger partial charge in [-0.25, -0.2) is 0 Å². The molecular weight excluding hydrogens is 1350 g/mol. The topological polar surface area (TPSA) is 43.4 Å². The fraction of sp³-hybridized carbons (Fsp3) is 0.0667. The van der Waals surface area contributed by atoms with Crippen molar-refractivity contribution in [1.82, 2.24) is 0 Å². The SMILES string of the molecule is Cc1cc(N(c2ccc(C3=Cc4ccccc4Oc4ccccc43)cc2)c2ccc3c(c2)C(C)(C)c2cc4c(cc2-3)C(C)(C)c2cc(N(c3ccc(C5=Cc6ccccc6Oc6ccccc65)cc3)c3ccc(C5=Cc6ccccc6Oc6ccccc65)cc3)ccc2-4)ccc1C1=Cc2ccccc2Oc2ccccc21. The van der Waals surface area contributed by atoms with Crippen molar-refractivity contribution in [2.24, 2.45) is 0 Å². The molecule has 0 unspecified atom stereocenters. The molecule has 0 bridgehead atoms. The molecule has 0 saturated heterocycles. The van der Waals surface area contributed by atoms with Crippen LogP contribution in [0.3, 0.4) is 0 Å². The molecule has 111 heavy (non-hydrogen) atoms. The Morgan fingerprint density at radius 3 is 0.793 bits per heavy atom. The van der Waals surface area contributed by atoms with Gasteiger partial charge in [0.25, 0.3) is 0 Å². The summed E-state index contributed by atoms with van der Waals surface area (Å²) in [5, 5.41) is 0. The number of hydrogen-bond acceptors (Lipinski definition) is 6. The van der Waals surface area contributed by atoms with Crippen LogP contribution in [0.15, 0.2) is 334 Å². The maximum absolute atomic E-state index is 6.62. The van der Waals surface area contributed by atoms with Crippen LogP contribution in [-0.4, -0.2) is 0 Å². The van der Waals surface area contributed by atoms with Crippen LogP contribution in [-0.2, 0) is 10.8 Å². The fourth-order valence-corrected chi connectivity index (χ4v) is 17.8. The molecule has 0 saturated carbocycles. The molecule has 0 radical (unpaired) electrons. The van der Waals surface area contributed by atoms with E-state index in [0.717, 1.165) is 175 Å². The van der Waals surface area contributed by atoms with Crippen LogP contribution in [0.25, 0.3) is 68.9 Å². The minimum absolute atomic E-state index is 0.360. The van der Waals surface area contributed by atoms with Crippen LogP contribution in [0, 0.1) is 6.92 Å². The molecular formula is C105H74N2O4. The first-order valence-corrected chi connectivity index (χ1v) is 38.2. The van der Waals surface area contributed by atoms with Crippen LogP contribution >= 0.6 is 0 Å². The van der Waals surface area contributed by atoms with E-state index < -0.39 is 0 Å². The van der Waals surface area contributed by atoms with E-state index in [9.17, 15) is 0 Å². The average molecular weight is 1430 g/mol. The third kappa shape index (κ3) is 10.9. The maximum atomic E-state index is 6.62. The van der Waals surface area contributed by atoms with Gasteiger partial charge in [0.05, 0.1) is 0 Å². The van der Waals surface area contributed by atoms with Crippen molar-refractivity contribution < 1.29 is 18.9 Å². The molecule has 4 heterocycles. The summed E-state index contributed by atoms with van der Waals surface area (Å²) in [4.78, 5) is 4.86. The fourth-order valence-electron chi connectivity index (χ4n) is 17.8. The third-order valence-electron chi connectivity index (χ3n) is 23.5. The van der Waals surface area contributed by atoms with Gasteiger partial charge < -0.3 is 28.7 Å². The highest BCUT2D eigenvalue weighted by Gasteiger charge is 2.43. The largest absolute Gasteiger partial charge is 0.456 e. The number of anilines is 6. The molecule has 6 heteroatoms. The van der Waals surface area contributed by atoms with Crippen LogP contribution in [0.4, 0.5) is 34.1 Å². The summed E-state index contributed by atoms with van der Waals surface area (Å²) in [5.41, 5.74) is 34.4. The van der Waals surface area contributed by atoms with Gasteiger partial charge >= 0.3 is 0 Å². The summed E-state index contributed by atoms with van der Waals surface area (Å²) in [6, 6.07) is 120. The van der Waals surface area contributed by atoms with Crippen molar-refractivity contribution in [2.45, 2.75) is 45.4 Å². The zero-order valence-corrected chi connectivity index (χ0v) is 62.1. The lowest BCUT2D eigenvalue weighted by molar-refractivity contribution is 0.481. The summed E-state index contributed by atoms with van der Waals surface area (Å²) >= 11 is 0. The minimum Gasteiger partial charge on any atom is -0.456 e. The van der Waals surface area contributed by atoms with Crippen LogP contribution in [0.5, 0.6) is 46.0 Å². The number of benzene rings is 15. The smallest absolute Gasteiger partial charge is 0.135 e. The number of nitrogens with zero attached hydrogens (tertiary/aromatic N) is 2. The molecule has 0 aromatic heterocycles. The van der Waals surface area contributed by atoms with Gasteiger partial charge in [0.15, 0.2) is 0 Å². The predicted molar refractivity (Wildman–Crippen MR) is 455 cm³/mol. The van der Waals surface area contributed by atoms with Gasteiger partial charge in [0.1, 0.15) is 46.0 Å². The molecule has 15 aromatic carbocycles. The zero-order valence-electron chi connectivity index (χ0n) is 62.1. The second-order valence-corrected chi connectivity index (χ2v) is 30.7. The highest BCUT2D eigenvalue weighted by Crippen LogP contribution is 2.59. The molecule has 15 aromatic rings. The zero-order chi connectivity index (χ0) is 74.2. The van der Waals surface area contributed by atoms with E-state index in [2.05, 4.69) is 336 Å². The summed E-state index contributed by atoms with van der Waals surface area (Å²) in [5.74, 6) is 6.71. The molecule has 528 valence electrons. The Hall–Kier alpha value is -13.9. The van der Waals surface area contributed by atoms with E-state index in [1.807, 2.05) is 66.7 Å². The lowest BCUT2D eigenvalue weighted by Gasteiger charge is -2.29. The third-order valence-corrected chi connectivity index (χ3v) is 23.5. The van der Waals surface area contributed by atoms with Gasteiger partial charge in [-0.3, -0.25) is 0 Å². The summed E-state index contributed by atoms with van der Waals surface area (Å²) in [7, 11) is 0.